The van der Waals surface area contributed by atoms with E-state index in [1.807, 2.05) is 13.8 Å². The summed E-state index contributed by atoms with van der Waals surface area (Å²) in [6.07, 6.45) is -0.343. The zero-order valence-corrected chi connectivity index (χ0v) is 19.3. The largest absolute Gasteiger partial charge is 0.481 e. The molecule has 31 heavy (non-hydrogen) atoms. The van der Waals surface area contributed by atoms with Gasteiger partial charge in [0.25, 0.3) is 0 Å². The molecule has 0 aliphatic rings. The predicted molar refractivity (Wildman–Crippen MR) is 120 cm³/mol. The Balaban J connectivity index is 5.46. The second kappa shape index (κ2) is 14.9. The van der Waals surface area contributed by atoms with Gasteiger partial charge in [-0.05, 0) is 30.9 Å². The summed E-state index contributed by atoms with van der Waals surface area (Å²) in [6.45, 7) is 3.62. The summed E-state index contributed by atoms with van der Waals surface area (Å²) in [6, 6.07) is -4.51. The topological polar surface area (TPSA) is 188 Å². The molecule has 0 bridgehead atoms. The lowest BCUT2D eigenvalue weighted by atomic mass is 10.0. The van der Waals surface area contributed by atoms with E-state index in [1.165, 1.54) is 0 Å². The van der Waals surface area contributed by atoms with Crippen molar-refractivity contribution in [1.29, 1.82) is 0 Å². The molecule has 0 aliphatic heterocycles. The van der Waals surface area contributed by atoms with Gasteiger partial charge in [0.1, 0.15) is 18.1 Å². The Morgan fingerprint density at radius 3 is 1.81 bits per heavy atom. The standard InChI is InChI=1S/C18H32N4O7S2/c1-9(2)7-13(17(27)21-12(5-6-30)18(28)29)22-16(26)11(3-4-14(23)24)20-15(25)10(19)8-31/h9-13,30-31H,3-8,19H2,1-2H3,(H,20,25)(H,21,27)(H,22,26)(H,23,24)(H,28,29)/t10-,11-,12+,13-/m0/s1. The van der Waals surface area contributed by atoms with Crippen LogP contribution in [0.3, 0.4) is 0 Å². The second-order valence-electron chi connectivity index (χ2n) is 7.39. The third-order valence-corrected chi connectivity index (χ3v) is 4.84. The van der Waals surface area contributed by atoms with E-state index in [-0.39, 0.29) is 36.7 Å². The summed E-state index contributed by atoms with van der Waals surface area (Å²) in [7, 11) is 0. The number of carboxylic acid groups (broad SMARTS) is 2. The van der Waals surface area contributed by atoms with E-state index < -0.39 is 60.2 Å². The molecule has 13 heteroatoms. The lowest BCUT2D eigenvalue weighted by Gasteiger charge is -2.25. The van der Waals surface area contributed by atoms with Crippen LogP contribution in [0.1, 0.15) is 39.5 Å². The maximum atomic E-state index is 12.8. The van der Waals surface area contributed by atoms with Gasteiger partial charge in [0.15, 0.2) is 0 Å². The van der Waals surface area contributed by atoms with E-state index >= 15 is 0 Å². The highest BCUT2D eigenvalue weighted by Crippen LogP contribution is 2.08. The molecule has 0 aromatic carbocycles. The number of nitrogens with two attached hydrogens (primary N) is 1. The highest BCUT2D eigenvalue weighted by Gasteiger charge is 2.30. The van der Waals surface area contributed by atoms with Crippen LogP contribution in [-0.2, 0) is 24.0 Å². The Bertz CT molecular complexity index is 648. The number of hydrogen-bond donors (Lipinski definition) is 8. The number of hydrogen-bond acceptors (Lipinski definition) is 8. The molecule has 4 atom stereocenters. The fourth-order valence-corrected chi connectivity index (χ4v) is 2.96. The van der Waals surface area contributed by atoms with Crippen molar-refractivity contribution in [3.8, 4) is 0 Å². The maximum absolute atomic E-state index is 12.8. The molecule has 0 rings (SSSR count). The van der Waals surface area contributed by atoms with Crippen LogP contribution in [-0.4, -0.2) is 75.5 Å². The van der Waals surface area contributed by atoms with Gasteiger partial charge >= 0.3 is 11.9 Å². The van der Waals surface area contributed by atoms with E-state index in [9.17, 15) is 29.1 Å². The third kappa shape index (κ3) is 11.8. The van der Waals surface area contributed by atoms with Crippen molar-refractivity contribution in [2.45, 2.75) is 63.7 Å². The number of carboxylic acids is 2. The van der Waals surface area contributed by atoms with Crippen molar-refractivity contribution < 1.29 is 34.2 Å². The number of aliphatic carboxylic acids is 2. The molecular formula is C18H32N4O7S2. The van der Waals surface area contributed by atoms with E-state index in [0.717, 1.165) is 0 Å². The van der Waals surface area contributed by atoms with E-state index in [4.69, 9.17) is 10.8 Å². The van der Waals surface area contributed by atoms with Crippen molar-refractivity contribution in [3.05, 3.63) is 0 Å². The fraction of sp³-hybridized carbons (Fsp3) is 0.722. The molecule has 0 heterocycles. The van der Waals surface area contributed by atoms with Gasteiger partial charge < -0.3 is 31.9 Å². The van der Waals surface area contributed by atoms with E-state index in [1.54, 1.807) is 0 Å². The van der Waals surface area contributed by atoms with Crippen LogP contribution in [0.25, 0.3) is 0 Å². The van der Waals surface area contributed by atoms with Crippen LogP contribution in [0, 0.1) is 5.92 Å². The van der Waals surface area contributed by atoms with Crippen molar-refractivity contribution in [2.24, 2.45) is 11.7 Å². The summed E-state index contributed by atoms with van der Waals surface area (Å²) in [5, 5.41) is 25.4. The second-order valence-corrected chi connectivity index (χ2v) is 8.20. The molecule has 0 saturated heterocycles. The summed E-state index contributed by atoms with van der Waals surface area (Å²) >= 11 is 7.89. The molecule has 178 valence electrons. The Morgan fingerprint density at radius 2 is 1.35 bits per heavy atom. The van der Waals surface area contributed by atoms with Crippen LogP contribution in [0.15, 0.2) is 0 Å². The van der Waals surface area contributed by atoms with Gasteiger partial charge in [0.05, 0.1) is 6.04 Å². The number of nitrogens with one attached hydrogen (secondary N) is 3. The normalized spacial score (nSPS) is 14.8. The SMILES string of the molecule is CC(C)C[C@H](NC(=O)[C@H](CCC(=O)O)NC(=O)[C@@H](N)CS)C(=O)N[C@H](CCS)C(=O)O. The van der Waals surface area contributed by atoms with Gasteiger partial charge in [-0.3, -0.25) is 19.2 Å². The number of carbonyl (C=O) groups is 5. The van der Waals surface area contributed by atoms with Gasteiger partial charge in [-0.25, -0.2) is 4.79 Å². The lowest BCUT2D eigenvalue weighted by molar-refractivity contribution is -0.142. The molecule has 0 fully saturated rings. The zero-order valence-electron chi connectivity index (χ0n) is 17.5. The minimum absolute atomic E-state index is 0.0131. The van der Waals surface area contributed by atoms with E-state index in [0.29, 0.717) is 0 Å². The molecular weight excluding hydrogens is 448 g/mol. The third-order valence-electron chi connectivity index (χ3n) is 4.19. The molecule has 0 spiro atoms. The van der Waals surface area contributed by atoms with Crippen LogP contribution in [0.5, 0.6) is 0 Å². The highest BCUT2D eigenvalue weighted by atomic mass is 32.1. The Morgan fingerprint density at radius 1 is 0.839 bits per heavy atom. The Hall–Kier alpha value is -1.99. The van der Waals surface area contributed by atoms with Crippen LogP contribution in [0.4, 0.5) is 0 Å². The number of thiol groups is 2. The van der Waals surface area contributed by atoms with Crippen molar-refractivity contribution in [2.75, 3.05) is 11.5 Å². The van der Waals surface area contributed by atoms with Gasteiger partial charge in [-0.15, -0.1) is 0 Å². The van der Waals surface area contributed by atoms with Gasteiger partial charge in [-0.2, -0.15) is 25.3 Å². The lowest BCUT2D eigenvalue weighted by Crippen LogP contribution is -2.57. The quantitative estimate of drug-likeness (QED) is 0.137. The van der Waals surface area contributed by atoms with Crippen molar-refractivity contribution in [3.63, 3.8) is 0 Å². The fourth-order valence-electron chi connectivity index (χ4n) is 2.53. The van der Waals surface area contributed by atoms with E-state index in [2.05, 4.69) is 41.2 Å². The minimum Gasteiger partial charge on any atom is -0.481 e. The smallest absolute Gasteiger partial charge is 0.326 e. The van der Waals surface area contributed by atoms with Crippen LogP contribution in [0.2, 0.25) is 0 Å². The summed E-state index contributed by atoms with van der Waals surface area (Å²) in [5.74, 6) is -4.36. The van der Waals surface area contributed by atoms with Crippen molar-refractivity contribution in [1.82, 2.24) is 16.0 Å². The molecule has 0 aliphatic carbocycles. The minimum atomic E-state index is -1.25. The van der Waals surface area contributed by atoms with Crippen LogP contribution < -0.4 is 21.7 Å². The van der Waals surface area contributed by atoms with Gasteiger partial charge in [0.2, 0.25) is 17.7 Å². The molecule has 0 unspecified atom stereocenters. The average Bonchev–Trinajstić information content (AvgIpc) is 2.68. The maximum Gasteiger partial charge on any atom is 0.326 e. The first-order chi connectivity index (χ1) is 14.4. The molecule has 11 nitrogen and oxygen atoms in total. The molecule has 0 aromatic heterocycles. The number of rotatable bonds is 15. The predicted octanol–water partition coefficient (Wildman–Crippen LogP) is -0.987. The van der Waals surface area contributed by atoms with Gasteiger partial charge in [0, 0.05) is 12.2 Å². The van der Waals surface area contributed by atoms with Crippen molar-refractivity contribution >= 4 is 54.9 Å². The number of carbonyl (C=O) groups excluding carboxylic acids is 3. The number of amides is 3. The first-order valence-corrected chi connectivity index (χ1v) is 11.0. The summed E-state index contributed by atoms with van der Waals surface area (Å²) in [5.41, 5.74) is 5.59. The molecule has 7 N–H and O–H groups in total. The molecule has 3 amide bonds. The summed E-state index contributed by atoms with van der Waals surface area (Å²) in [4.78, 5) is 59.7. The summed E-state index contributed by atoms with van der Waals surface area (Å²) < 4.78 is 0. The highest BCUT2D eigenvalue weighted by molar-refractivity contribution is 7.80. The zero-order chi connectivity index (χ0) is 24.1. The molecule has 0 radical (unpaired) electrons. The van der Waals surface area contributed by atoms with Crippen LogP contribution >= 0.6 is 25.3 Å². The Kier molecular flexibility index (Phi) is 14.0. The first kappa shape index (κ1) is 29.0. The monoisotopic (exact) mass is 480 g/mol. The first-order valence-electron chi connectivity index (χ1n) is 9.75. The average molecular weight is 481 g/mol. The molecule has 0 saturated carbocycles. The van der Waals surface area contributed by atoms with Gasteiger partial charge in [-0.1, -0.05) is 13.8 Å². The molecule has 0 aromatic rings. The Labute approximate surface area is 192 Å².